The monoisotopic (exact) mass is 327 g/mol. The second-order valence-corrected chi connectivity index (χ2v) is 7.68. The highest BCUT2D eigenvalue weighted by molar-refractivity contribution is 7.98. The fraction of sp³-hybridized carbons (Fsp3) is 0.733. The van der Waals surface area contributed by atoms with Gasteiger partial charge in [0.1, 0.15) is 10.7 Å². The lowest BCUT2D eigenvalue weighted by molar-refractivity contribution is 0.0905. The van der Waals surface area contributed by atoms with Crippen molar-refractivity contribution in [3.63, 3.8) is 0 Å². The second-order valence-electron chi connectivity index (χ2n) is 5.80. The van der Waals surface area contributed by atoms with Gasteiger partial charge in [-0.2, -0.15) is 11.8 Å². The van der Waals surface area contributed by atoms with Crippen LogP contribution in [0.1, 0.15) is 60.6 Å². The van der Waals surface area contributed by atoms with Crippen molar-refractivity contribution in [3.05, 3.63) is 16.1 Å². The number of aromatic nitrogens is 1. The van der Waals surface area contributed by atoms with Crippen LogP contribution in [0.25, 0.3) is 0 Å². The third kappa shape index (κ3) is 4.69. The molecule has 1 aliphatic carbocycles. The van der Waals surface area contributed by atoms with E-state index >= 15 is 0 Å². The number of hydrogen-bond acceptors (Lipinski definition) is 5. The molecule has 0 aliphatic heterocycles. The Kier molecular flexibility index (Phi) is 6.51. The number of thioether (sulfide) groups is 1. The molecule has 1 aliphatic rings. The van der Waals surface area contributed by atoms with Gasteiger partial charge in [-0.15, -0.1) is 11.3 Å². The molecule has 1 heterocycles. The maximum absolute atomic E-state index is 12.3. The van der Waals surface area contributed by atoms with Gasteiger partial charge in [0.25, 0.3) is 5.91 Å². The Hall–Kier alpha value is -0.590. The van der Waals surface area contributed by atoms with Gasteiger partial charge in [0.05, 0.1) is 6.04 Å². The van der Waals surface area contributed by atoms with Gasteiger partial charge in [-0.3, -0.25) is 4.79 Å². The number of carbonyl (C=O) groups is 1. The van der Waals surface area contributed by atoms with E-state index in [1.807, 2.05) is 5.38 Å². The molecule has 1 fully saturated rings. The largest absolute Gasteiger partial charge is 0.348 e. The number of rotatable bonds is 6. The molecule has 1 saturated carbocycles. The van der Waals surface area contributed by atoms with Gasteiger partial charge < -0.3 is 11.1 Å². The number of nitrogens with zero attached hydrogens (tertiary/aromatic N) is 1. The molecular weight excluding hydrogens is 302 g/mol. The molecule has 6 heteroatoms. The molecule has 0 aromatic carbocycles. The van der Waals surface area contributed by atoms with Crippen LogP contribution >= 0.6 is 23.1 Å². The van der Waals surface area contributed by atoms with E-state index in [9.17, 15) is 4.79 Å². The predicted octanol–water partition coefficient (Wildman–Crippen LogP) is 3.20. The highest BCUT2D eigenvalue weighted by atomic mass is 32.2. The maximum Gasteiger partial charge on any atom is 0.270 e. The quantitative estimate of drug-likeness (QED) is 0.842. The zero-order chi connectivity index (χ0) is 15.2. The lowest BCUT2D eigenvalue weighted by Gasteiger charge is -2.29. The van der Waals surface area contributed by atoms with Gasteiger partial charge in [-0.05, 0) is 37.2 Å². The first-order valence-electron chi connectivity index (χ1n) is 7.62. The Balaban J connectivity index is 1.92. The lowest BCUT2D eigenvalue weighted by Crippen LogP contribution is -2.41. The van der Waals surface area contributed by atoms with Gasteiger partial charge in [0.15, 0.2) is 0 Å². The molecule has 0 saturated heterocycles. The predicted molar refractivity (Wildman–Crippen MR) is 90.9 cm³/mol. The van der Waals surface area contributed by atoms with Gasteiger partial charge in [-0.25, -0.2) is 4.98 Å². The Labute approximate surface area is 135 Å². The van der Waals surface area contributed by atoms with Crippen LogP contribution in [0.4, 0.5) is 0 Å². The van der Waals surface area contributed by atoms with Crippen LogP contribution in [0.5, 0.6) is 0 Å². The van der Waals surface area contributed by atoms with E-state index in [-0.39, 0.29) is 11.9 Å². The van der Waals surface area contributed by atoms with Gasteiger partial charge >= 0.3 is 0 Å². The first kappa shape index (κ1) is 16.8. The molecule has 4 nitrogen and oxygen atoms in total. The van der Waals surface area contributed by atoms with Crippen molar-refractivity contribution in [2.24, 2.45) is 11.7 Å². The van der Waals surface area contributed by atoms with Gasteiger partial charge in [0, 0.05) is 11.4 Å². The fourth-order valence-electron chi connectivity index (χ4n) is 2.70. The number of nitrogens with two attached hydrogens (primary N) is 1. The highest BCUT2D eigenvalue weighted by Crippen LogP contribution is 2.25. The number of thiazole rings is 1. The molecule has 1 aromatic heterocycles. The van der Waals surface area contributed by atoms with E-state index in [0.29, 0.717) is 17.7 Å². The number of nitrogens with one attached hydrogen (secondary N) is 1. The molecule has 3 unspecified atom stereocenters. The minimum Gasteiger partial charge on any atom is -0.348 e. The van der Waals surface area contributed by atoms with Crippen molar-refractivity contribution < 1.29 is 4.79 Å². The van der Waals surface area contributed by atoms with E-state index in [1.54, 1.807) is 11.8 Å². The van der Waals surface area contributed by atoms with Crippen LogP contribution in [0.2, 0.25) is 0 Å². The number of hydrogen-bond donors (Lipinski definition) is 2. The fourth-order valence-corrected chi connectivity index (χ4v) is 4.03. The summed E-state index contributed by atoms with van der Waals surface area (Å²) in [6, 6.07) is 0.235. The summed E-state index contributed by atoms with van der Waals surface area (Å²) in [5.74, 6) is 1.53. The van der Waals surface area contributed by atoms with E-state index in [1.165, 1.54) is 30.6 Å². The van der Waals surface area contributed by atoms with Gasteiger partial charge in [-0.1, -0.05) is 19.8 Å². The average Bonchev–Trinajstić information content (AvgIpc) is 2.97. The molecule has 21 heavy (non-hydrogen) atoms. The van der Waals surface area contributed by atoms with Crippen molar-refractivity contribution in [3.8, 4) is 0 Å². The van der Waals surface area contributed by atoms with Crippen LogP contribution in [0, 0.1) is 5.92 Å². The molecule has 3 N–H and O–H groups in total. The summed E-state index contributed by atoms with van der Waals surface area (Å²) in [6.07, 6.45) is 7.73. The van der Waals surface area contributed by atoms with Crippen molar-refractivity contribution in [2.75, 3.05) is 12.0 Å². The summed E-state index contributed by atoms with van der Waals surface area (Å²) in [7, 11) is 0. The standard InChI is InChI=1S/C15H25N3OS2/c1-10-5-3-4-6-12(10)17-14(19)13-9-21-15(18-13)11(16)7-8-20-2/h9-12H,3-8,16H2,1-2H3,(H,17,19). The van der Waals surface area contributed by atoms with Crippen LogP contribution in [0.15, 0.2) is 5.38 Å². The normalized spacial score (nSPS) is 23.8. The summed E-state index contributed by atoms with van der Waals surface area (Å²) in [6.45, 7) is 2.22. The Morgan fingerprint density at radius 3 is 3.05 bits per heavy atom. The highest BCUT2D eigenvalue weighted by Gasteiger charge is 2.24. The summed E-state index contributed by atoms with van der Waals surface area (Å²) in [5.41, 5.74) is 6.62. The first-order valence-corrected chi connectivity index (χ1v) is 9.90. The topological polar surface area (TPSA) is 68.0 Å². The summed E-state index contributed by atoms with van der Waals surface area (Å²) < 4.78 is 0. The average molecular weight is 328 g/mol. The van der Waals surface area contributed by atoms with E-state index < -0.39 is 0 Å². The van der Waals surface area contributed by atoms with Crippen molar-refractivity contribution in [1.82, 2.24) is 10.3 Å². The molecule has 0 bridgehead atoms. The maximum atomic E-state index is 12.3. The molecular formula is C15H25N3OS2. The zero-order valence-corrected chi connectivity index (χ0v) is 14.4. The molecule has 2 rings (SSSR count). The van der Waals surface area contributed by atoms with Crippen molar-refractivity contribution in [2.45, 2.75) is 51.1 Å². The minimum absolute atomic E-state index is 0.0479. The van der Waals surface area contributed by atoms with Crippen LogP contribution in [-0.2, 0) is 0 Å². The molecule has 0 spiro atoms. The van der Waals surface area contributed by atoms with E-state index in [4.69, 9.17) is 5.73 Å². The zero-order valence-electron chi connectivity index (χ0n) is 12.8. The molecule has 3 atom stereocenters. The summed E-state index contributed by atoms with van der Waals surface area (Å²) in [5, 5.41) is 5.84. The van der Waals surface area contributed by atoms with Crippen molar-refractivity contribution in [1.29, 1.82) is 0 Å². The van der Waals surface area contributed by atoms with Crippen LogP contribution in [-0.4, -0.2) is 28.9 Å². The summed E-state index contributed by atoms with van der Waals surface area (Å²) in [4.78, 5) is 16.7. The molecule has 0 radical (unpaired) electrons. The van der Waals surface area contributed by atoms with Gasteiger partial charge in [0.2, 0.25) is 0 Å². The van der Waals surface area contributed by atoms with Crippen LogP contribution in [0.3, 0.4) is 0 Å². The first-order chi connectivity index (χ1) is 10.1. The Morgan fingerprint density at radius 2 is 2.33 bits per heavy atom. The van der Waals surface area contributed by atoms with E-state index in [2.05, 4.69) is 23.5 Å². The SMILES string of the molecule is CSCCC(N)c1nc(C(=O)NC2CCCCC2C)cs1. The summed E-state index contributed by atoms with van der Waals surface area (Å²) >= 11 is 3.27. The van der Waals surface area contributed by atoms with Crippen molar-refractivity contribution >= 4 is 29.0 Å². The minimum atomic E-state index is -0.0578. The third-order valence-electron chi connectivity index (χ3n) is 4.13. The second kappa shape index (κ2) is 8.15. The van der Waals surface area contributed by atoms with Crippen LogP contribution < -0.4 is 11.1 Å². The number of amides is 1. The van der Waals surface area contributed by atoms with E-state index in [0.717, 1.165) is 23.6 Å². The smallest absolute Gasteiger partial charge is 0.270 e. The lowest BCUT2D eigenvalue weighted by atomic mass is 9.86. The third-order valence-corrected chi connectivity index (χ3v) is 5.75. The number of carbonyl (C=O) groups excluding carboxylic acids is 1. The Bertz CT molecular complexity index is 464. The Morgan fingerprint density at radius 1 is 1.57 bits per heavy atom. The molecule has 1 aromatic rings. The molecule has 118 valence electrons. The molecule has 1 amide bonds.